The maximum Gasteiger partial charge on any atom is 0.163 e. The number of hydrogen-bond donors (Lipinski definition) is 0. The summed E-state index contributed by atoms with van der Waals surface area (Å²) >= 11 is 0. The Bertz CT molecular complexity index is 1320. The van der Waals surface area contributed by atoms with Crippen molar-refractivity contribution < 1.29 is 4.79 Å². The number of ketones is 1. The van der Waals surface area contributed by atoms with Crippen molar-refractivity contribution in [1.29, 1.82) is 0 Å². The number of Topliss-reactive ketones (excluding diaryl/α,β-unsaturated/α-hetero) is 1. The smallest absolute Gasteiger partial charge is 0.163 e. The van der Waals surface area contributed by atoms with Crippen molar-refractivity contribution in [3.8, 4) is 0 Å². The van der Waals surface area contributed by atoms with Crippen molar-refractivity contribution in [3.63, 3.8) is 0 Å². The van der Waals surface area contributed by atoms with Crippen molar-refractivity contribution in [1.82, 2.24) is 0 Å². The first-order valence-corrected chi connectivity index (χ1v) is 13.1. The number of rotatable bonds is 10. The molecule has 0 spiro atoms. The molecule has 1 nitrogen and oxygen atoms in total. The van der Waals surface area contributed by atoms with E-state index in [1.807, 2.05) is 30.3 Å². The second-order valence-electron chi connectivity index (χ2n) is 9.66. The fraction of sp³-hybridized carbons (Fsp3) is 0.139. The lowest BCUT2D eigenvalue weighted by molar-refractivity contribution is 0.0961. The molecule has 0 radical (unpaired) electrons. The molecule has 0 N–H and O–H groups in total. The summed E-state index contributed by atoms with van der Waals surface area (Å²) in [6, 6.07) is 52.6. The highest BCUT2D eigenvalue weighted by atomic mass is 16.1. The number of carbonyl (C=O) groups excluding carboxylic acids is 1. The van der Waals surface area contributed by atoms with Crippen molar-refractivity contribution in [2.75, 3.05) is 0 Å². The molecule has 0 bridgehead atoms. The molecule has 0 saturated carbocycles. The second kappa shape index (κ2) is 12.1. The van der Waals surface area contributed by atoms with E-state index in [0.717, 1.165) is 12.0 Å². The van der Waals surface area contributed by atoms with Gasteiger partial charge in [0, 0.05) is 17.9 Å². The highest BCUT2D eigenvalue weighted by Gasteiger charge is 2.34. The normalized spacial score (nSPS) is 12.7. The zero-order valence-electron chi connectivity index (χ0n) is 21.0. The lowest BCUT2D eigenvalue weighted by Gasteiger charge is -2.35. The van der Waals surface area contributed by atoms with Gasteiger partial charge < -0.3 is 0 Å². The molecule has 0 amide bonds. The summed E-state index contributed by atoms with van der Waals surface area (Å²) in [5.41, 5.74) is 5.84. The van der Waals surface area contributed by atoms with Gasteiger partial charge in [0.2, 0.25) is 0 Å². The highest BCUT2D eigenvalue weighted by Crippen LogP contribution is 2.44. The molecule has 5 rings (SSSR count). The summed E-state index contributed by atoms with van der Waals surface area (Å²) in [7, 11) is 0. The second-order valence-corrected chi connectivity index (χ2v) is 9.66. The van der Waals surface area contributed by atoms with Crippen LogP contribution in [0.15, 0.2) is 152 Å². The van der Waals surface area contributed by atoms with Gasteiger partial charge in [0.1, 0.15) is 0 Å². The van der Waals surface area contributed by atoms with Crippen LogP contribution in [0.25, 0.3) is 0 Å². The minimum absolute atomic E-state index is 0.0412. The van der Waals surface area contributed by atoms with Gasteiger partial charge in [0.15, 0.2) is 5.78 Å². The maximum atomic E-state index is 13.7. The van der Waals surface area contributed by atoms with Crippen LogP contribution in [-0.4, -0.2) is 5.78 Å². The van der Waals surface area contributed by atoms with Crippen molar-refractivity contribution in [2.45, 2.75) is 24.7 Å². The number of carbonyl (C=O) groups is 1. The van der Waals surface area contributed by atoms with E-state index in [9.17, 15) is 4.79 Å². The standard InChI is InChI=1S/C36H32O/c37-35(30-20-10-3-11-21-30)27-33(29-18-8-2-9-19-29)34(26-28-16-6-1-7-17-28)36(31-22-12-4-13-23-31)32-24-14-5-15-25-32/h1-25,33-34,36H,26-27H2/t33-,34+/m1/s1. The third-order valence-corrected chi connectivity index (χ3v) is 7.31. The van der Waals surface area contributed by atoms with E-state index in [2.05, 4.69) is 121 Å². The van der Waals surface area contributed by atoms with Crippen molar-refractivity contribution >= 4 is 5.78 Å². The Kier molecular flexibility index (Phi) is 8.03. The lowest BCUT2D eigenvalue weighted by Crippen LogP contribution is -2.26. The van der Waals surface area contributed by atoms with Gasteiger partial charge in [-0.25, -0.2) is 0 Å². The molecular formula is C36H32O. The summed E-state index contributed by atoms with van der Waals surface area (Å²) in [6.07, 6.45) is 1.33. The van der Waals surface area contributed by atoms with Crippen LogP contribution in [-0.2, 0) is 6.42 Å². The summed E-state index contributed by atoms with van der Waals surface area (Å²) in [4.78, 5) is 13.7. The van der Waals surface area contributed by atoms with E-state index in [1.165, 1.54) is 22.3 Å². The fourth-order valence-electron chi connectivity index (χ4n) is 5.54. The molecule has 1 heteroatoms. The van der Waals surface area contributed by atoms with Crippen LogP contribution < -0.4 is 0 Å². The van der Waals surface area contributed by atoms with Crippen LogP contribution in [0.2, 0.25) is 0 Å². The molecule has 5 aromatic carbocycles. The molecule has 2 atom stereocenters. The van der Waals surface area contributed by atoms with Gasteiger partial charge in [0.25, 0.3) is 0 Å². The molecule has 0 unspecified atom stereocenters. The fourth-order valence-corrected chi connectivity index (χ4v) is 5.54. The zero-order chi connectivity index (χ0) is 25.3. The number of hydrogen-bond acceptors (Lipinski definition) is 1. The Morgan fingerprint density at radius 1 is 0.486 bits per heavy atom. The quantitative estimate of drug-likeness (QED) is 0.183. The van der Waals surface area contributed by atoms with Crippen LogP contribution in [0.4, 0.5) is 0 Å². The number of benzene rings is 5. The minimum Gasteiger partial charge on any atom is -0.294 e. The Hall–Kier alpha value is -4.23. The van der Waals surface area contributed by atoms with Crippen molar-refractivity contribution in [3.05, 3.63) is 179 Å². The van der Waals surface area contributed by atoms with E-state index >= 15 is 0 Å². The predicted octanol–water partition coefficient (Wildman–Crippen LogP) is 8.73. The molecular weight excluding hydrogens is 448 g/mol. The van der Waals surface area contributed by atoms with Gasteiger partial charge >= 0.3 is 0 Å². The molecule has 0 aliphatic carbocycles. The van der Waals surface area contributed by atoms with E-state index in [-0.39, 0.29) is 23.5 Å². The van der Waals surface area contributed by atoms with Gasteiger partial charge in [-0.1, -0.05) is 152 Å². The van der Waals surface area contributed by atoms with Gasteiger partial charge in [-0.05, 0) is 40.5 Å². The summed E-state index contributed by atoms with van der Waals surface area (Å²) in [6.45, 7) is 0. The largest absolute Gasteiger partial charge is 0.294 e. The Labute approximate surface area is 220 Å². The third kappa shape index (κ3) is 6.13. The van der Waals surface area contributed by atoms with Crippen molar-refractivity contribution in [2.24, 2.45) is 5.92 Å². The molecule has 5 aromatic rings. The van der Waals surface area contributed by atoms with E-state index in [4.69, 9.17) is 0 Å². The molecule has 37 heavy (non-hydrogen) atoms. The molecule has 0 aliphatic heterocycles. The maximum absolute atomic E-state index is 13.7. The topological polar surface area (TPSA) is 17.1 Å². The van der Waals surface area contributed by atoms with Crippen LogP contribution >= 0.6 is 0 Å². The van der Waals surface area contributed by atoms with Crippen LogP contribution in [0.3, 0.4) is 0 Å². The Morgan fingerprint density at radius 2 is 0.892 bits per heavy atom. The SMILES string of the molecule is O=C(C[C@H](c1ccccc1)[C@H](Cc1ccccc1)C(c1ccccc1)c1ccccc1)c1ccccc1. The molecule has 182 valence electrons. The highest BCUT2D eigenvalue weighted by molar-refractivity contribution is 5.96. The Morgan fingerprint density at radius 3 is 1.38 bits per heavy atom. The summed E-state index contributed by atoms with van der Waals surface area (Å²) < 4.78 is 0. The first-order valence-electron chi connectivity index (χ1n) is 13.1. The van der Waals surface area contributed by atoms with Gasteiger partial charge in [-0.15, -0.1) is 0 Å². The molecule has 0 heterocycles. The van der Waals surface area contributed by atoms with Crippen LogP contribution in [0.1, 0.15) is 50.9 Å². The summed E-state index contributed by atoms with van der Waals surface area (Å²) in [5.74, 6) is 0.533. The van der Waals surface area contributed by atoms with Crippen LogP contribution in [0, 0.1) is 5.92 Å². The summed E-state index contributed by atoms with van der Waals surface area (Å²) in [5, 5.41) is 0. The predicted molar refractivity (Wildman–Crippen MR) is 153 cm³/mol. The Balaban J connectivity index is 1.65. The van der Waals surface area contributed by atoms with Gasteiger partial charge in [-0.2, -0.15) is 0 Å². The third-order valence-electron chi connectivity index (χ3n) is 7.31. The van der Waals surface area contributed by atoms with Gasteiger partial charge in [0.05, 0.1) is 0 Å². The average molecular weight is 481 g/mol. The molecule has 0 saturated heterocycles. The monoisotopic (exact) mass is 480 g/mol. The molecule has 0 aliphatic rings. The first-order chi connectivity index (χ1) is 18.3. The van der Waals surface area contributed by atoms with E-state index in [1.54, 1.807) is 0 Å². The average Bonchev–Trinajstić information content (AvgIpc) is 2.98. The first kappa shape index (κ1) is 24.5. The lowest BCUT2D eigenvalue weighted by atomic mass is 9.68. The zero-order valence-corrected chi connectivity index (χ0v) is 21.0. The van der Waals surface area contributed by atoms with Gasteiger partial charge in [-0.3, -0.25) is 4.79 Å². The van der Waals surface area contributed by atoms with Crippen LogP contribution in [0.5, 0.6) is 0 Å². The van der Waals surface area contributed by atoms with E-state index in [0.29, 0.717) is 6.42 Å². The molecule has 0 aromatic heterocycles. The minimum atomic E-state index is 0.0412. The molecule has 0 fully saturated rings. The van der Waals surface area contributed by atoms with E-state index < -0.39 is 0 Å².